The summed E-state index contributed by atoms with van der Waals surface area (Å²) in [5.41, 5.74) is 1.49. The summed E-state index contributed by atoms with van der Waals surface area (Å²) in [7, 11) is 3.76. The first kappa shape index (κ1) is 17.5. The Morgan fingerprint density at radius 1 is 1.36 bits per heavy atom. The van der Waals surface area contributed by atoms with Crippen molar-refractivity contribution in [3.63, 3.8) is 0 Å². The van der Waals surface area contributed by atoms with Crippen LogP contribution in [0.5, 0.6) is 5.75 Å². The van der Waals surface area contributed by atoms with Crippen LogP contribution in [-0.2, 0) is 11.2 Å². The third-order valence-corrected chi connectivity index (χ3v) is 4.82. The van der Waals surface area contributed by atoms with Gasteiger partial charge in [-0.25, -0.2) is 9.78 Å². The van der Waals surface area contributed by atoms with Crippen molar-refractivity contribution >= 4 is 5.97 Å². The second-order valence-corrected chi connectivity index (χ2v) is 6.32. The molecule has 3 rings (SSSR count). The van der Waals surface area contributed by atoms with E-state index in [1.54, 1.807) is 7.11 Å². The zero-order chi connectivity index (χ0) is 17.8. The lowest BCUT2D eigenvalue weighted by Crippen LogP contribution is -2.24. The highest BCUT2D eigenvalue weighted by molar-refractivity contribution is 5.88. The second-order valence-electron chi connectivity index (χ2n) is 6.32. The molecule has 2 atom stereocenters. The summed E-state index contributed by atoms with van der Waals surface area (Å²) >= 11 is 0. The molecule has 1 aliphatic heterocycles. The number of likely N-dealkylation sites (tertiary alicyclic amines) is 1. The molecule has 6 nitrogen and oxygen atoms in total. The highest BCUT2D eigenvalue weighted by atomic mass is 16.5. The zero-order valence-corrected chi connectivity index (χ0v) is 14.9. The lowest BCUT2D eigenvalue weighted by atomic mass is 9.94. The van der Waals surface area contributed by atoms with Gasteiger partial charge < -0.3 is 13.9 Å². The number of rotatable bonds is 6. The predicted molar refractivity (Wildman–Crippen MR) is 92.6 cm³/mol. The molecule has 1 aliphatic rings. The van der Waals surface area contributed by atoms with Crippen molar-refractivity contribution in [3.8, 4) is 5.75 Å². The molecule has 0 bridgehead atoms. The van der Waals surface area contributed by atoms with Crippen LogP contribution in [0.4, 0.5) is 0 Å². The molecule has 1 saturated heterocycles. The summed E-state index contributed by atoms with van der Waals surface area (Å²) in [5, 5.41) is 0. The lowest BCUT2D eigenvalue weighted by molar-refractivity contribution is 0.0403. The smallest absolute Gasteiger partial charge is 0.360 e. The third-order valence-electron chi connectivity index (χ3n) is 4.82. The van der Waals surface area contributed by atoms with Gasteiger partial charge in [0.2, 0.25) is 0 Å². The second kappa shape index (κ2) is 7.70. The Hall–Kier alpha value is -2.34. The topological polar surface area (TPSA) is 64.8 Å². The number of benzene rings is 1. The molecule has 0 N–H and O–H groups in total. The van der Waals surface area contributed by atoms with Crippen molar-refractivity contribution in [1.29, 1.82) is 0 Å². The number of carbonyl (C=O) groups is 1. The van der Waals surface area contributed by atoms with Crippen molar-refractivity contribution in [3.05, 3.63) is 47.7 Å². The fourth-order valence-electron chi connectivity index (χ4n) is 3.47. The van der Waals surface area contributed by atoms with Crippen molar-refractivity contribution in [2.24, 2.45) is 5.92 Å². The van der Waals surface area contributed by atoms with Crippen LogP contribution in [0.3, 0.4) is 0 Å². The van der Waals surface area contributed by atoms with Crippen LogP contribution in [-0.4, -0.2) is 43.2 Å². The summed E-state index contributed by atoms with van der Waals surface area (Å²) in [6.45, 7) is 3.27. The molecule has 0 amide bonds. The number of aryl methyl sites for hydroxylation is 1. The van der Waals surface area contributed by atoms with Gasteiger partial charge >= 0.3 is 5.97 Å². The first-order valence-corrected chi connectivity index (χ1v) is 8.57. The summed E-state index contributed by atoms with van der Waals surface area (Å²) in [5.74, 6) is 1.25. The highest BCUT2D eigenvalue weighted by Crippen LogP contribution is 2.37. The molecule has 0 saturated carbocycles. The minimum Gasteiger partial charge on any atom is -0.497 e. The van der Waals surface area contributed by atoms with Crippen LogP contribution in [0.25, 0.3) is 0 Å². The van der Waals surface area contributed by atoms with Crippen LogP contribution in [0, 0.1) is 5.92 Å². The number of carbonyl (C=O) groups excluding carboxylic acids is 1. The monoisotopic (exact) mass is 344 g/mol. The van der Waals surface area contributed by atoms with Crippen molar-refractivity contribution in [2.75, 3.05) is 27.3 Å². The Balaban J connectivity index is 1.67. The van der Waals surface area contributed by atoms with E-state index in [0.717, 1.165) is 18.7 Å². The molecule has 1 fully saturated rings. The maximum Gasteiger partial charge on any atom is 0.360 e. The molecule has 25 heavy (non-hydrogen) atoms. The molecule has 134 valence electrons. The van der Waals surface area contributed by atoms with E-state index < -0.39 is 5.97 Å². The number of esters is 1. The normalized spacial score (nSPS) is 20.6. The Morgan fingerprint density at radius 3 is 2.80 bits per heavy atom. The Kier molecular flexibility index (Phi) is 5.38. The van der Waals surface area contributed by atoms with Crippen LogP contribution < -0.4 is 4.74 Å². The number of ether oxygens (including phenoxy) is 2. The molecule has 2 heterocycles. The molecule has 0 aliphatic carbocycles. The minimum atomic E-state index is -0.409. The number of oxazole rings is 1. The van der Waals surface area contributed by atoms with Gasteiger partial charge in [0, 0.05) is 18.4 Å². The molecule has 2 unspecified atom stereocenters. The van der Waals surface area contributed by atoms with Gasteiger partial charge in [0.05, 0.1) is 13.7 Å². The fourth-order valence-corrected chi connectivity index (χ4v) is 3.47. The first-order chi connectivity index (χ1) is 12.1. The third kappa shape index (κ3) is 3.69. The van der Waals surface area contributed by atoms with E-state index in [-0.39, 0.29) is 17.7 Å². The number of methoxy groups -OCH3 is 1. The van der Waals surface area contributed by atoms with Crippen molar-refractivity contribution < 1.29 is 18.7 Å². The van der Waals surface area contributed by atoms with Crippen LogP contribution in [0.15, 0.2) is 35.1 Å². The van der Waals surface area contributed by atoms with E-state index >= 15 is 0 Å². The molecule has 1 aromatic carbocycles. The summed E-state index contributed by atoms with van der Waals surface area (Å²) < 4.78 is 16.0. The molecule has 6 heteroatoms. The van der Waals surface area contributed by atoms with E-state index in [1.165, 1.54) is 12.0 Å². The van der Waals surface area contributed by atoms with Gasteiger partial charge in [-0.05, 0) is 37.7 Å². The van der Waals surface area contributed by atoms with Gasteiger partial charge in [0.25, 0.3) is 0 Å². The van der Waals surface area contributed by atoms with Gasteiger partial charge in [0.15, 0.2) is 12.1 Å². The minimum absolute atomic E-state index is 0.224. The summed E-state index contributed by atoms with van der Waals surface area (Å²) in [4.78, 5) is 18.6. The summed E-state index contributed by atoms with van der Waals surface area (Å²) in [6, 6.07) is 8.31. The van der Waals surface area contributed by atoms with Gasteiger partial charge in [-0.3, -0.25) is 4.90 Å². The molecule has 0 spiro atoms. The predicted octanol–water partition coefficient (Wildman–Crippen LogP) is 3.10. The van der Waals surface area contributed by atoms with Crippen LogP contribution in [0.1, 0.15) is 41.2 Å². The molecule has 2 aromatic rings. The largest absolute Gasteiger partial charge is 0.497 e. The number of aromatic nitrogens is 1. The molecule has 0 radical (unpaired) electrons. The molecular weight excluding hydrogens is 320 g/mol. The first-order valence-electron chi connectivity index (χ1n) is 8.57. The van der Waals surface area contributed by atoms with Crippen molar-refractivity contribution in [1.82, 2.24) is 9.88 Å². The number of hydrogen-bond donors (Lipinski definition) is 0. The fraction of sp³-hybridized carbons (Fsp3) is 0.474. The SMILES string of the molecule is CCc1ocnc1C(=O)OCC1CCN(C)C1c1ccc(OC)cc1. The maximum absolute atomic E-state index is 12.3. The zero-order valence-electron chi connectivity index (χ0n) is 14.9. The quantitative estimate of drug-likeness (QED) is 0.750. The van der Waals surface area contributed by atoms with Crippen LogP contribution >= 0.6 is 0 Å². The summed E-state index contributed by atoms with van der Waals surface area (Å²) in [6.07, 6.45) is 2.89. The standard InChI is InChI=1S/C19H24N2O4/c1-4-16-17(20-12-25-16)19(22)24-11-14-9-10-21(2)18(14)13-5-7-15(23-3)8-6-13/h5-8,12,14,18H,4,9-11H2,1-3H3. The van der Waals surface area contributed by atoms with E-state index in [2.05, 4.69) is 29.1 Å². The number of nitrogens with zero attached hydrogens (tertiary/aromatic N) is 2. The Bertz CT molecular complexity index is 710. The van der Waals surface area contributed by atoms with Gasteiger partial charge in [0.1, 0.15) is 11.5 Å². The van der Waals surface area contributed by atoms with Crippen LogP contribution in [0.2, 0.25) is 0 Å². The van der Waals surface area contributed by atoms with Gasteiger partial charge in [-0.2, -0.15) is 0 Å². The Morgan fingerprint density at radius 2 is 2.12 bits per heavy atom. The van der Waals surface area contributed by atoms with Gasteiger partial charge in [-0.15, -0.1) is 0 Å². The molecule has 1 aromatic heterocycles. The van der Waals surface area contributed by atoms with E-state index in [9.17, 15) is 4.79 Å². The van der Waals surface area contributed by atoms with E-state index in [1.807, 2.05) is 19.1 Å². The average Bonchev–Trinajstić information content (AvgIpc) is 3.26. The van der Waals surface area contributed by atoms with E-state index in [0.29, 0.717) is 18.8 Å². The lowest BCUT2D eigenvalue weighted by Gasteiger charge is -2.25. The number of hydrogen-bond acceptors (Lipinski definition) is 6. The van der Waals surface area contributed by atoms with Crippen molar-refractivity contribution in [2.45, 2.75) is 25.8 Å². The maximum atomic E-state index is 12.3. The average molecular weight is 344 g/mol. The highest BCUT2D eigenvalue weighted by Gasteiger charge is 2.34. The molecular formula is C19H24N2O4. The van der Waals surface area contributed by atoms with E-state index in [4.69, 9.17) is 13.9 Å². The Labute approximate surface area is 147 Å². The van der Waals surface area contributed by atoms with Gasteiger partial charge in [-0.1, -0.05) is 19.1 Å².